The molecule has 0 atom stereocenters. The molecule has 0 unspecified atom stereocenters. The predicted molar refractivity (Wildman–Crippen MR) is 139 cm³/mol. The number of aryl methyl sites for hydroxylation is 2. The van der Waals surface area contributed by atoms with Crippen molar-refractivity contribution in [3.8, 4) is 40.0 Å². The summed E-state index contributed by atoms with van der Waals surface area (Å²) in [6.07, 6.45) is 4.62. The third-order valence-electron chi connectivity index (χ3n) is 6.90. The summed E-state index contributed by atoms with van der Waals surface area (Å²) >= 11 is 0. The number of unbranched alkanes of at least 4 members (excludes halogenated alkanes) is 1. The molecule has 0 radical (unpaired) electrons. The second-order valence-corrected chi connectivity index (χ2v) is 9.22. The van der Waals surface area contributed by atoms with Crippen LogP contribution in [0.15, 0.2) is 60.8 Å². The van der Waals surface area contributed by atoms with Gasteiger partial charge in [0, 0.05) is 24.6 Å². The Morgan fingerprint density at radius 3 is 2.50 bits per heavy atom. The molecule has 4 aromatic rings. The summed E-state index contributed by atoms with van der Waals surface area (Å²) in [7, 11) is 1.65. The molecule has 0 bridgehead atoms. The topological polar surface area (TPSA) is 93.2 Å². The number of nitro benzene ring substituents is 1. The quantitative estimate of drug-likeness (QED) is 0.130. The van der Waals surface area contributed by atoms with Crippen LogP contribution < -0.4 is 28.3 Å². The molecule has 194 valence electrons. The number of hydrogen-bond donors (Lipinski definition) is 0. The Hall–Kier alpha value is -4.53. The molecule has 9 heteroatoms. The molecule has 0 amide bonds. The van der Waals surface area contributed by atoms with Crippen molar-refractivity contribution in [1.29, 1.82) is 0 Å². The summed E-state index contributed by atoms with van der Waals surface area (Å²) in [6, 6.07) is 16.5. The molecule has 9 nitrogen and oxygen atoms in total. The number of aromatic nitrogens is 1. The van der Waals surface area contributed by atoms with Gasteiger partial charge in [0.1, 0.15) is 5.75 Å². The van der Waals surface area contributed by atoms with Crippen molar-refractivity contribution in [3.63, 3.8) is 0 Å². The van der Waals surface area contributed by atoms with Crippen LogP contribution in [0.25, 0.3) is 22.0 Å². The van der Waals surface area contributed by atoms with Crippen LogP contribution in [0.3, 0.4) is 0 Å². The fourth-order valence-corrected chi connectivity index (χ4v) is 4.94. The zero-order chi connectivity index (χ0) is 26.1. The van der Waals surface area contributed by atoms with Crippen molar-refractivity contribution in [1.82, 2.24) is 0 Å². The van der Waals surface area contributed by atoms with Gasteiger partial charge >= 0.3 is 0 Å². The highest BCUT2D eigenvalue weighted by molar-refractivity contribution is 5.91. The molecular formula is C29H27N2O7+. The average molecular weight is 516 g/mol. The summed E-state index contributed by atoms with van der Waals surface area (Å²) in [5.74, 6) is 3.64. The molecule has 38 heavy (non-hydrogen) atoms. The van der Waals surface area contributed by atoms with Crippen molar-refractivity contribution >= 4 is 16.5 Å². The Labute approximate surface area is 219 Å². The van der Waals surface area contributed by atoms with Crippen LogP contribution in [-0.4, -0.2) is 32.0 Å². The van der Waals surface area contributed by atoms with E-state index in [0.29, 0.717) is 24.7 Å². The number of pyridine rings is 1. The van der Waals surface area contributed by atoms with Gasteiger partial charge in [0.25, 0.3) is 5.69 Å². The summed E-state index contributed by atoms with van der Waals surface area (Å²) in [5, 5.41) is 12.8. The molecule has 1 aromatic heterocycles. The maximum atomic E-state index is 10.8. The highest BCUT2D eigenvalue weighted by Crippen LogP contribution is 2.41. The van der Waals surface area contributed by atoms with E-state index < -0.39 is 4.92 Å². The number of methoxy groups -OCH3 is 1. The molecule has 0 aliphatic carbocycles. The summed E-state index contributed by atoms with van der Waals surface area (Å²) in [5.41, 5.74) is 3.60. The first-order chi connectivity index (χ1) is 18.6. The van der Waals surface area contributed by atoms with Gasteiger partial charge in [-0.15, -0.1) is 0 Å². The lowest BCUT2D eigenvalue weighted by atomic mass is 9.95. The van der Waals surface area contributed by atoms with Gasteiger partial charge < -0.3 is 23.7 Å². The molecule has 2 aliphatic rings. The van der Waals surface area contributed by atoms with Gasteiger partial charge in [-0.1, -0.05) is 0 Å². The van der Waals surface area contributed by atoms with E-state index >= 15 is 0 Å². The fourth-order valence-electron chi connectivity index (χ4n) is 4.94. The average Bonchev–Trinajstić information content (AvgIpc) is 3.40. The van der Waals surface area contributed by atoms with Gasteiger partial charge in [-0.3, -0.25) is 10.1 Å². The molecule has 0 N–H and O–H groups in total. The molecule has 6 rings (SSSR count). The monoisotopic (exact) mass is 515 g/mol. The van der Waals surface area contributed by atoms with Crippen molar-refractivity contribution in [3.05, 3.63) is 76.5 Å². The summed E-state index contributed by atoms with van der Waals surface area (Å²) < 4.78 is 31.0. The van der Waals surface area contributed by atoms with Crippen LogP contribution in [0.1, 0.15) is 18.4 Å². The fraction of sp³-hybridized carbons (Fsp3) is 0.276. The van der Waals surface area contributed by atoms with E-state index in [-0.39, 0.29) is 12.5 Å². The zero-order valence-corrected chi connectivity index (χ0v) is 21.0. The molecule has 0 fully saturated rings. The highest BCUT2D eigenvalue weighted by Gasteiger charge is 2.28. The Morgan fingerprint density at radius 2 is 1.74 bits per heavy atom. The Morgan fingerprint density at radius 1 is 0.974 bits per heavy atom. The van der Waals surface area contributed by atoms with Crippen LogP contribution in [0.4, 0.5) is 5.69 Å². The first-order valence-electron chi connectivity index (χ1n) is 12.6. The minimum absolute atomic E-state index is 0.0468. The minimum atomic E-state index is -0.425. The number of non-ortho nitro benzene ring substituents is 1. The molecule has 0 saturated carbocycles. The van der Waals surface area contributed by atoms with Crippen molar-refractivity contribution in [2.24, 2.45) is 0 Å². The van der Waals surface area contributed by atoms with Crippen LogP contribution in [0, 0.1) is 10.1 Å². The zero-order valence-electron chi connectivity index (χ0n) is 21.0. The lowest BCUT2D eigenvalue weighted by molar-refractivity contribution is -0.686. The van der Waals surface area contributed by atoms with E-state index in [1.807, 2.05) is 6.07 Å². The molecular weight excluding hydrogens is 488 g/mol. The summed E-state index contributed by atoms with van der Waals surface area (Å²) in [4.78, 5) is 10.4. The van der Waals surface area contributed by atoms with Gasteiger partial charge in [0.2, 0.25) is 12.5 Å². The van der Waals surface area contributed by atoms with E-state index in [1.54, 1.807) is 19.2 Å². The molecule has 3 aromatic carbocycles. The third kappa shape index (κ3) is 4.51. The van der Waals surface area contributed by atoms with Gasteiger partial charge in [0.05, 0.1) is 36.2 Å². The third-order valence-corrected chi connectivity index (χ3v) is 6.90. The first-order valence-corrected chi connectivity index (χ1v) is 12.6. The largest absolute Gasteiger partial charge is 0.494 e. The van der Waals surface area contributed by atoms with E-state index in [2.05, 4.69) is 35.0 Å². The molecule has 0 saturated heterocycles. The van der Waals surface area contributed by atoms with E-state index in [4.69, 9.17) is 23.7 Å². The van der Waals surface area contributed by atoms with Gasteiger partial charge in [-0.05, 0) is 60.2 Å². The molecule has 0 spiro atoms. The van der Waals surface area contributed by atoms with Gasteiger partial charge in [0.15, 0.2) is 35.7 Å². The second kappa shape index (κ2) is 10.1. The lowest BCUT2D eigenvalue weighted by Gasteiger charge is -2.18. The van der Waals surface area contributed by atoms with E-state index in [1.165, 1.54) is 17.7 Å². The maximum Gasteiger partial charge on any atom is 0.269 e. The first kappa shape index (κ1) is 23.8. The lowest BCUT2D eigenvalue weighted by Crippen LogP contribution is -2.40. The number of ether oxygens (including phenoxy) is 5. The van der Waals surface area contributed by atoms with Crippen LogP contribution in [-0.2, 0) is 13.0 Å². The number of fused-ring (bicyclic) bond motifs is 5. The van der Waals surface area contributed by atoms with Gasteiger partial charge in [-0.2, -0.15) is 4.57 Å². The van der Waals surface area contributed by atoms with E-state index in [0.717, 1.165) is 65.1 Å². The predicted octanol–water partition coefficient (Wildman–Crippen LogP) is 5.23. The standard InChI is InChI=1S/C29H27N2O7/c1-34-26-9-4-19-14-25-23-16-28-27(37-18-38-28)15-20(23)10-11-30(25)17-24(19)29(26)36-13-3-2-12-35-22-7-5-21(6-8-22)31(32)33/h4-9,14-17H,2-3,10-13,18H2,1H3/q+1. The Kier molecular flexibility index (Phi) is 6.33. The number of nitrogens with zero attached hydrogens (tertiary/aromatic N) is 2. The van der Waals surface area contributed by atoms with Crippen molar-refractivity contribution in [2.75, 3.05) is 27.1 Å². The highest BCUT2D eigenvalue weighted by atomic mass is 16.7. The number of benzene rings is 3. The number of nitro groups is 1. The molecule has 2 aliphatic heterocycles. The molecule has 3 heterocycles. The number of rotatable bonds is 9. The van der Waals surface area contributed by atoms with Gasteiger partial charge in [-0.25, -0.2) is 0 Å². The van der Waals surface area contributed by atoms with Crippen LogP contribution in [0.2, 0.25) is 0 Å². The van der Waals surface area contributed by atoms with Crippen molar-refractivity contribution in [2.45, 2.75) is 25.8 Å². The second-order valence-electron chi connectivity index (χ2n) is 9.22. The smallest absolute Gasteiger partial charge is 0.269 e. The summed E-state index contributed by atoms with van der Waals surface area (Å²) in [6.45, 7) is 2.12. The van der Waals surface area contributed by atoms with E-state index in [9.17, 15) is 10.1 Å². The SMILES string of the molecule is COc1ccc2cc3[n+](cc2c1OCCCCOc1ccc([N+](=O)[O-])cc1)CCc1cc2c(cc1-3)OCO2. The maximum absolute atomic E-state index is 10.8. The minimum Gasteiger partial charge on any atom is -0.494 e. The van der Waals surface area contributed by atoms with Crippen molar-refractivity contribution < 1.29 is 33.2 Å². The van der Waals surface area contributed by atoms with Crippen LogP contribution in [0.5, 0.6) is 28.7 Å². The normalized spacial score (nSPS) is 13.1. The van der Waals surface area contributed by atoms with Crippen LogP contribution >= 0.6 is 0 Å². The number of hydrogen-bond acceptors (Lipinski definition) is 7. The Balaban J connectivity index is 1.15. The Bertz CT molecular complexity index is 1520.